The second-order valence-corrected chi connectivity index (χ2v) is 4.73. The quantitative estimate of drug-likeness (QED) is 0.654. The number of nitrogens with one attached hydrogen (secondary N) is 1. The number of likely N-dealkylation sites (tertiary alicyclic amines) is 1. The Balaban J connectivity index is 2.29. The van der Waals surface area contributed by atoms with Crippen LogP contribution >= 0.6 is 0 Å². The van der Waals surface area contributed by atoms with E-state index >= 15 is 0 Å². The highest BCUT2D eigenvalue weighted by Crippen LogP contribution is 2.13. The summed E-state index contributed by atoms with van der Waals surface area (Å²) >= 11 is 0. The van der Waals surface area contributed by atoms with Crippen molar-refractivity contribution in [3.63, 3.8) is 0 Å². The summed E-state index contributed by atoms with van der Waals surface area (Å²) in [5, 5.41) is 12.7. The molecule has 1 rings (SSSR count). The lowest BCUT2D eigenvalue weighted by Gasteiger charge is -2.36. The molecule has 1 saturated heterocycles. The molecule has 1 heterocycles. The third kappa shape index (κ3) is 4.47. The first-order valence-corrected chi connectivity index (χ1v) is 5.85. The minimum Gasteiger partial charge on any atom is -0.390 e. The maximum atomic E-state index is 9.71. The van der Waals surface area contributed by atoms with Crippen molar-refractivity contribution in [1.29, 1.82) is 0 Å². The van der Waals surface area contributed by atoms with Crippen molar-refractivity contribution in [2.75, 3.05) is 47.3 Å². The van der Waals surface area contributed by atoms with Gasteiger partial charge in [0.15, 0.2) is 0 Å². The van der Waals surface area contributed by atoms with Crippen LogP contribution in [0.2, 0.25) is 0 Å². The van der Waals surface area contributed by atoms with Crippen molar-refractivity contribution in [3.05, 3.63) is 0 Å². The van der Waals surface area contributed by atoms with Gasteiger partial charge in [0.25, 0.3) is 0 Å². The average Bonchev–Trinajstić information content (AvgIpc) is 2.18. The van der Waals surface area contributed by atoms with E-state index in [1.165, 1.54) is 12.8 Å². The number of aliphatic hydroxyl groups excluding tert-OH is 1. The minimum absolute atomic E-state index is 0.240. The van der Waals surface area contributed by atoms with Gasteiger partial charge in [-0.1, -0.05) is 0 Å². The molecule has 0 saturated carbocycles. The second kappa shape index (κ2) is 6.43. The number of rotatable bonds is 5. The third-order valence-corrected chi connectivity index (χ3v) is 3.12. The topological polar surface area (TPSA) is 38.7 Å². The summed E-state index contributed by atoms with van der Waals surface area (Å²) in [6, 6.07) is 0.653. The van der Waals surface area contributed by atoms with E-state index in [0.29, 0.717) is 12.6 Å². The maximum Gasteiger partial charge on any atom is 0.0791 e. The molecule has 1 aliphatic heterocycles. The number of hydrogen-bond donors (Lipinski definition) is 2. The molecule has 0 radical (unpaired) electrons. The molecule has 15 heavy (non-hydrogen) atoms. The lowest BCUT2D eigenvalue weighted by atomic mass is 10.0. The number of piperidine rings is 1. The number of aliphatic hydroxyl groups is 1. The first kappa shape index (κ1) is 12.9. The van der Waals surface area contributed by atoms with E-state index < -0.39 is 0 Å². The standard InChI is InChI=1S/C11H25N3O/c1-12-7-11(15)9-14-6-4-5-10(8-14)13(2)3/h10-12,15H,4-9H2,1-3H3. The fraction of sp³-hybridized carbons (Fsp3) is 1.00. The Bertz CT molecular complexity index is 175. The molecule has 4 nitrogen and oxygen atoms in total. The zero-order chi connectivity index (χ0) is 11.3. The van der Waals surface area contributed by atoms with Gasteiger partial charge in [0.1, 0.15) is 0 Å². The molecule has 1 fully saturated rings. The molecule has 0 aromatic heterocycles. The van der Waals surface area contributed by atoms with Crippen LogP contribution < -0.4 is 5.32 Å². The summed E-state index contributed by atoms with van der Waals surface area (Å²) < 4.78 is 0. The average molecular weight is 215 g/mol. The van der Waals surface area contributed by atoms with Crippen LogP contribution in [0.5, 0.6) is 0 Å². The molecule has 0 aromatic carbocycles. The summed E-state index contributed by atoms with van der Waals surface area (Å²) in [5.41, 5.74) is 0. The highest BCUT2D eigenvalue weighted by atomic mass is 16.3. The van der Waals surface area contributed by atoms with Gasteiger partial charge in [0, 0.05) is 25.7 Å². The van der Waals surface area contributed by atoms with Crippen molar-refractivity contribution < 1.29 is 5.11 Å². The van der Waals surface area contributed by atoms with Crippen LogP contribution in [-0.4, -0.2) is 74.4 Å². The van der Waals surface area contributed by atoms with Crippen LogP contribution in [0.1, 0.15) is 12.8 Å². The highest BCUT2D eigenvalue weighted by Gasteiger charge is 2.22. The molecule has 0 amide bonds. The minimum atomic E-state index is -0.240. The van der Waals surface area contributed by atoms with E-state index in [9.17, 15) is 5.11 Å². The smallest absolute Gasteiger partial charge is 0.0791 e. The molecule has 2 unspecified atom stereocenters. The van der Waals surface area contributed by atoms with Crippen LogP contribution in [0.3, 0.4) is 0 Å². The van der Waals surface area contributed by atoms with E-state index in [2.05, 4.69) is 29.2 Å². The Morgan fingerprint density at radius 3 is 2.87 bits per heavy atom. The Hall–Kier alpha value is -0.160. The van der Waals surface area contributed by atoms with Crippen molar-refractivity contribution in [3.8, 4) is 0 Å². The summed E-state index contributed by atoms with van der Waals surface area (Å²) in [7, 11) is 6.15. The van der Waals surface area contributed by atoms with Crippen LogP contribution in [0.4, 0.5) is 0 Å². The lowest BCUT2D eigenvalue weighted by molar-refractivity contribution is 0.0731. The first-order valence-electron chi connectivity index (χ1n) is 5.85. The van der Waals surface area contributed by atoms with Crippen LogP contribution in [0, 0.1) is 0 Å². The van der Waals surface area contributed by atoms with Crippen molar-refractivity contribution in [1.82, 2.24) is 15.1 Å². The van der Waals surface area contributed by atoms with Gasteiger partial charge in [-0.3, -0.25) is 4.90 Å². The summed E-state index contributed by atoms with van der Waals surface area (Å²) in [6.45, 7) is 3.70. The van der Waals surface area contributed by atoms with E-state index in [0.717, 1.165) is 19.6 Å². The maximum absolute atomic E-state index is 9.71. The normalized spacial score (nSPS) is 25.8. The predicted molar refractivity (Wildman–Crippen MR) is 63.1 cm³/mol. The van der Waals surface area contributed by atoms with Crippen LogP contribution in [-0.2, 0) is 0 Å². The zero-order valence-corrected chi connectivity index (χ0v) is 10.2. The Morgan fingerprint density at radius 1 is 1.53 bits per heavy atom. The van der Waals surface area contributed by atoms with Crippen LogP contribution in [0.15, 0.2) is 0 Å². The molecule has 4 heteroatoms. The van der Waals surface area contributed by atoms with Gasteiger partial charge in [0.05, 0.1) is 6.10 Å². The van der Waals surface area contributed by atoms with Gasteiger partial charge in [-0.25, -0.2) is 0 Å². The van der Waals surface area contributed by atoms with E-state index in [-0.39, 0.29) is 6.10 Å². The Morgan fingerprint density at radius 2 is 2.27 bits per heavy atom. The summed E-state index contributed by atoms with van der Waals surface area (Å²) in [6.07, 6.45) is 2.29. The third-order valence-electron chi connectivity index (χ3n) is 3.12. The molecule has 0 aromatic rings. The number of likely N-dealkylation sites (N-methyl/N-ethyl adjacent to an activating group) is 2. The number of nitrogens with zero attached hydrogens (tertiary/aromatic N) is 2. The Labute approximate surface area is 93.2 Å². The van der Waals surface area contributed by atoms with Gasteiger partial charge < -0.3 is 15.3 Å². The summed E-state index contributed by atoms with van der Waals surface area (Å²) in [5.74, 6) is 0. The van der Waals surface area contributed by atoms with Crippen molar-refractivity contribution in [2.24, 2.45) is 0 Å². The van der Waals surface area contributed by atoms with E-state index in [4.69, 9.17) is 0 Å². The van der Waals surface area contributed by atoms with Gasteiger partial charge in [-0.05, 0) is 40.5 Å². The van der Waals surface area contributed by atoms with Gasteiger partial charge in [-0.2, -0.15) is 0 Å². The molecule has 90 valence electrons. The fourth-order valence-corrected chi connectivity index (χ4v) is 2.22. The number of hydrogen-bond acceptors (Lipinski definition) is 4. The molecule has 2 atom stereocenters. The van der Waals surface area contributed by atoms with Gasteiger partial charge >= 0.3 is 0 Å². The molecule has 0 spiro atoms. The molecular weight excluding hydrogens is 190 g/mol. The van der Waals surface area contributed by atoms with Crippen LogP contribution in [0.25, 0.3) is 0 Å². The van der Waals surface area contributed by atoms with Crippen molar-refractivity contribution >= 4 is 0 Å². The molecule has 0 bridgehead atoms. The monoisotopic (exact) mass is 215 g/mol. The second-order valence-electron chi connectivity index (χ2n) is 4.73. The summed E-state index contributed by atoms with van der Waals surface area (Å²) in [4.78, 5) is 4.66. The fourth-order valence-electron chi connectivity index (χ4n) is 2.22. The molecular formula is C11H25N3O. The predicted octanol–water partition coefficient (Wildman–Crippen LogP) is -0.407. The molecule has 0 aliphatic carbocycles. The molecule has 2 N–H and O–H groups in total. The largest absolute Gasteiger partial charge is 0.390 e. The lowest BCUT2D eigenvalue weighted by Crippen LogP contribution is -2.48. The van der Waals surface area contributed by atoms with Gasteiger partial charge in [-0.15, -0.1) is 0 Å². The molecule has 1 aliphatic rings. The zero-order valence-electron chi connectivity index (χ0n) is 10.2. The number of β-amino-alcohol motifs (C(OH)–C–C–N with tert-alkyl or cyclic N) is 1. The van der Waals surface area contributed by atoms with E-state index in [1.54, 1.807) is 0 Å². The van der Waals surface area contributed by atoms with E-state index in [1.807, 2.05) is 7.05 Å². The first-order chi connectivity index (χ1) is 7.13. The van der Waals surface area contributed by atoms with Crippen molar-refractivity contribution in [2.45, 2.75) is 25.0 Å². The Kier molecular flexibility index (Phi) is 5.53. The SMILES string of the molecule is CNCC(O)CN1CCCC(N(C)C)C1. The van der Waals surface area contributed by atoms with Gasteiger partial charge in [0.2, 0.25) is 0 Å². The highest BCUT2D eigenvalue weighted by molar-refractivity contribution is 4.79.